The molecule has 0 radical (unpaired) electrons. The quantitative estimate of drug-likeness (QED) is 0.294. The smallest absolute Gasteiger partial charge is 0.250 e. The van der Waals surface area contributed by atoms with Gasteiger partial charge in [-0.3, -0.25) is 4.90 Å². The van der Waals surface area contributed by atoms with Crippen LogP contribution < -0.4 is 0 Å². The summed E-state index contributed by atoms with van der Waals surface area (Å²) in [5.41, 5.74) is -2.17. The number of halogens is 6. The molecular formula is C61H129F6N13O3. The molecule has 83 heavy (non-hydrogen) atoms. The first-order valence-electron chi connectivity index (χ1n) is 31.6. The van der Waals surface area contributed by atoms with Gasteiger partial charge in [-0.15, -0.1) is 0 Å². The molecule has 22 heteroatoms. The van der Waals surface area contributed by atoms with E-state index in [0.29, 0.717) is 58.8 Å². The van der Waals surface area contributed by atoms with Gasteiger partial charge in [0.2, 0.25) is 0 Å². The summed E-state index contributed by atoms with van der Waals surface area (Å²) in [6.07, 6.45) is 9.80. The number of piperazine rings is 1. The van der Waals surface area contributed by atoms with Crippen molar-refractivity contribution in [2.75, 3.05) is 262 Å². The van der Waals surface area contributed by atoms with E-state index in [9.17, 15) is 26.3 Å². The molecule has 0 spiro atoms. The summed E-state index contributed by atoms with van der Waals surface area (Å²) in [6.45, 7) is 29.9. The Kier molecular flexibility index (Phi) is 40.5. The lowest BCUT2D eigenvalue weighted by molar-refractivity contribution is -0.0706. The number of likely N-dealkylation sites (N-methyl/N-ethyl adjacent to an activating group) is 5. The largest absolute Gasteiger partial charge is 0.392 e. The molecule has 12 aliphatic rings. The van der Waals surface area contributed by atoms with Crippen LogP contribution in [0.1, 0.15) is 91.4 Å². The van der Waals surface area contributed by atoms with Gasteiger partial charge in [-0.1, -0.05) is 6.42 Å². The van der Waals surface area contributed by atoms with Gasteiger partial charge in [-0.2, -0.15) is 0 Å². The van der Waals surface area contributed by atoms with Crippen molar-refractivity contribution >= 4 is 0 Å². The highest BCUT2D eigenvalue weighted by molar-refractivity contribution is 4.90. The number of hydrogen-bond acceptors (Lipinski definition) is 16. The highest BCUT2D eigenvalue weighted by Crippen LogP contribution is 2.27. The molecule has 12 fully saturated rings. The third-order valence-corrected chi connectivity index (χ3v) is 16.2. The van der Waals surface area contributed by atoms with E-state index in [1.165, 1.54) is 104 Å². The Morgan fingerprint density at radius 2 is 0.639 bits per heavy atom. The summed E-state index contributed by atoms with van der Waals surface area (Å²) >= 11 is 0. The first kappa shape index (κ1) is 80.0. The van der Waals surface area contributed by atoms with Gasteiger partial charge in [-0.05, 0) is 203 Å². The van der Waals surface area contributed by atoms with Gasteiger partial charge in [0, 0.05) is 144 Å². The van der Waals surface area contributed by atoms with Crippen molar-refractivity contribution in [3.63, 3.8) is 0 Å². The van der Waals surface area contributed by atoms with E-state index in [-0.39, 0.29) is 30.7 Å². The van der Waals surface area contributed by atoms with Gasteiger partial charge in [-0.25, -0.2) is 26.3 Å². The van der Waals surface area contributed by atoms with Crippen molar-refractivity contribution in [2.24, 2.45) is 0 Å². The van der Waals surface area contributed by atoms with Crippen molar-refractivity contribution in [3.8, 4) is 0 Å². The van der Waals surface area contributed by atoms with Gasteiger partial charge >= 0.3 is 0 Å². The van der Waals surface area contributed by atoms with Crippen LogP contribution >= 0.6 is 0 Å². The molecule has 12 heterocycles. The first-order valence-corrected chi connectivity index (χ1v) is 31.6. The second-order valence-electron chi connectivity index (χ2n) is 27.5. The predicted molar refractivity (Wildman–Crippen MR) is 335 cm³/mol. The van der Waals surface area contributed by atoms with Crippen LogP contribution in [0.4, 0.5) is 26.3 Å². The Morgan fingerprint density at radius 1 is 0.301 bits per heavy atom. The van der Waals surface area contributed by atoms with Gasteiger partial charge in [0.1, 0.15) is 23.7 Å². The number of likely N-dealkylation sites (tertiary alicyclic amines) is 11. The normalized spacial score (nSPS) is 29.7. The Bertz CT molecular complexity index is 1450. The fourth-order valence-corrected chi connectivity index (χ4v) is 10.7. The number of aliphatic hydroxyl groups excluding tert-OH is 2. The van der Waals surface area contributed by atoms with Crippen LogP contribution in [-0.2, 0) is 0 Å². The molecule has 12 aliphatic heterocycles. The van der Waals surface area contributed by atoms with Crippen LogP contribution in [0.3, 0.4) is 0 Å². The Hall–Kier alpha value is -1.06. The van der Waals surface area contributed by atoms with E-state index in [2.05, 4.69) is 74.4 Å². The summed E-state index contributed by atoms with van der Waals surface area (Å²) in [5, 5.41) is 26.5. The highest BCUT2D eigenvalue weighted by atomic mass is 19.3. The minimum Gasteiger partial charge on any atom is -0.392 e. The highest BCUT2D eigenvalue weighted by Gasteiger charge is 2.36. The summed E-state index contributed by atoms with van der Waals surface area (Å²) in [6, 6.07) is 0. The van der Waals surface area contributed by atoms with Crippen molar-refractivity contribution in [3.05, 3.63) is 0 Å². The molecule has 3 N–H and O–H groups in total. The van der Waals surface area contributed by atoms with Crippen LogP contribution in [0.25, 0.3) is 0 Å². The number of nitrogens with zero attached hydrogens (tertiary/aromatic N) is 13. The Balaban J connectivity index is 0.000000454. The van der Waals surface area contributed by atoms with Crippen molar-refractivity contribution < 1.29 is 41.7 Å². The molecule has 0 aliphatic carbocycles. The monoisotopic (exact) mass is 1210 g/mol. The topological polar surface area (TPSA) is 103 Å². The van der Waals surface area contributed by atoms with Crippen LogP contribution in [0.2, 0.25) is 0 Å². The fourth-order valence-electron chi connectivity index (χ4n) is 10.7. The minimum absolute atomic E-state index is 0.0312. The number of aliphatic hydroxyl groups is 3. The Morgan fingerprint density at radius 3 is 0.759 bits per heavy atom. The zero-order chi connectivity index (χ0) is 63.0. The molecule has 12 saturated heterocycles. The molecule has 16 nitrogen and oxygen atoms in total. The van der Waals surface area contributed by atoms with E-state index in [0.717, 1.165) is 65.2 Å². The Labute approximate surface area is 504 Å². The molecule has 3 unspecified atom stereocenters. The van der Waals surface area contributed by atoms with Crippen LogP contribution in [0.5, 0.6) is 0 Å². The van der Waals surface area contributed by atoms with E-state index < -0.39 is 29.6 Å². The number of piperidine rings is 2. The lowest BCUT2D eigenvalue weighted by Crippen LogP contribution is -2.57. The zero-order valence-corrected chi connectivity index (χ0v) is 55.9. The molecule has 12 rings (SSSR count). The van der Waals surface area contributed by atoms with E-state index in [1.54, 1.807) is 13.8 Å². The van der Waals surface area contributed by atoms with E-state index >= 15 is 0 Å². The minimum atomic E-state index is -2.38. The summed E-state index contributed by atoms with van der Waals surface area (Å²) < 4.78 is 73.8. The number of β-amino-alcohol motifs (C(OH)–C–C–N with tert-alkyl or cyclic N) is 3. The zero-order valence-electron chi connectivity index (χ0n) is 55.9. The predicted octanol–water partition coefficient (Wildman–Crippen LogP) is 4.65. The average molecular weight is 1210 g/mol. The van der Waals surface area contributed by atoms with Crippen molar-refractivity contribution in [1.29, 1.82) is 0 Å². The average Bonchev–Trinajstić information content (AvgIpc) is 4.27. The van der Waals surface area contributed by atoms with Crippen molar-refractivity contribution in [2.45, 2.75) is 139 Å². The lowest BCUT2D eigenvalue weighted by atomic mass is 9.98. The third kappa shape index (κ3) is 44.1. The maximum atomic E-state index is 12.8. The molecule has 0 amide bonds. The first-order chi connectivity index (χ1) is 38.5. The number of hydrogen-bond donors (Lipinski definition) is 3. The van der Waals surface area contributed by atoms with Gasteiger partial charge in [0.25, 0.3) is 5.92 Å². The summed E-state index contributed by atoms with van der Waals surface area (Å²) in [4.78, 5) is 27.9. The number of alkyl halides is 6. The van der Waals surface area contributed by atoms with Crippen LogP contribution in [0.15, 0.2) is 0 Å². The summed E-state index contributed by atoms with van der Waals surface area (Å²) in [7, 11) is 26.5. The molecule has 0 saturated carbocycles. The van der Waals surface area contributed by atoms with E-state index in [4.69, 9.17) is 15.3 Å². The van der Waals surface area contributed by atoms with Crippen LogP contribution in [-0.4, -0.2) is 388 Å². The second kappa shape index (κ2) is 42.0. The van der Waals surface area contributed by atoms with Gasteiger partial charge < -0.3 is 74.1 Å². The molecule has 0 bridgehead atoms. The molecule has 3 atom stereocenters. The second-order valence-corrected chi connectivity index (χ2v) is 27.5. The molecule has 0 aromatic carbocycles. The molecular weight excluding hydrogens is 1080 g/mol. The van der Waals surface area contributed by atoms with Crippen LogP contribution in [0, 0.1) is 0 Å². The molecule has 498 valence electrons. The van der Waals surface area contributed by atoms with Gasteiger partial charge in [0.15, 0.2) is 0 Å². The standard InChI is InChI=1S/C6H11F2N.C6H12FN.C6H14N2.C6H13N.2C5H10FN.2C5H11NO.C5H11N.C4H8FN.C4H9NO.C4H9N/c1-9-4-2-6(7,8)3-5-9;1-6(7)3-4-8(2)5-6;1-7-3-5-8(2)6-4-7;1-7-5-3-2-4-6-7;1-5(6)3-7(2)4-5;1-7-3-2-5(6)4-7;1-5(7)3-6(2)4-5;1-6-3-2-5(7)4-6;1-6-4-2-3-5-6;1-6-2-4(5)3-6;1-5-2-4(6)3-5;1-5-3-2-4-5/h2-5H2,1H3;3-5H2,1-2H3;3-6H2,1-2H3;2-6H2,1H3;3-4H2,1-2H3;5H,2-4H2,1H3;7H,3-4H2,1-2H3;5,7H,2-4H2,1H3;2-5H2,1H3;4H,2-3H2,1H3;4,6H,2-3H2,1H3;2-4H2,1H3. The SMILES string of the molecule is CN1CC(C)(F)C1.CN1CC(C)(O)C1.CN1CC(F)C1.CN1CC(O)C1.CN1CCC(C)(F)C1.CN1CCC(F)(F)CC1.CN1CCC(F)C1.CN1CCC(O)C1.CN1CCC1.CN1CCCC1.CN1CCCCC1.CN1CCN(C)CC1. The number of rotatable bonds is 0. The van der Waals surface area contributed by atoms with Crippen molar-refractivity contribution in [1.82, 2.24) is 63.7 Å². The summed E-state index contributed by atoms with van der Waals surface area (Å²) in [5.74, 6) is -2.38. The lowest BCUT2D eigenvalue weighted by Gasteiger charge is -2.41. The maximum absolute atomic E-state index is 12.8. The maximum Gasteiger partial charge on any atom is 0.250 e. The molecule has 0 aromatic rings. The third-order valence-electron chi connectivity index (χ3n) is 16.2. The molecule has 0 aromatic heterocycles. The fraction of sp³-hybridized carbons (Fsp3) is 1.00. The van der Waals surface area contributed by atoms with Gasteiger partial charge in [0.05, 0.1) is 17.8 Å². The van der Waals surface area contributed by atoms with E-state index in [1.807, 2.05) is 87.8 Å².